The SMILES string of the molecule is Cn1c(N2CCCCS2(O)O)nc(C(=O)NC(Cc2ccccc2)c2ccccc2)c(O)c1=O. The van der Waals surface area contributed by atoms with E-state index in [9.17, 15) is 23.8 Å². The van der Waals surface area contributed by atoms with E-state index in [4.69, 9.17) is 0 Å². The minimum absolute atomic E-state index is 0.0630. The third kappa shape index (κ3) is 4.93. The molecule has 1 aromatic heterocycles. The topological polar surface area (TPSA) is 128 Å². The molecule has 0 spiro atoms. The Morgan fingerprint density at radius 2 is 1.74 bits per heavy atom. The van der Waals surface area contributed by atoms with Gasteiger partial charge >= 0.3 is 0 Å². The molecule has 2 heterocycles. The van der Waals surface area contributed by atoms with Gasteiger partial charge in [0.1, 0.15) is 0 Å². The summed E-state index contributed by atoms with van der Waals surface area (Å²) >= 11 is 0. The zero-order chi connectivity index (χ0) is 24.3. The number of nitrogens with one attached hydrogen (secondary N) is 1. The van der Waals surface area contributed by atoms with E-state index in [0.717, 1.165) is 15.7 Å². The molecule has 1 unspecified atom stereocenters. The highest BCUT2D eigenvalue weighted by Crippen LogP contribution is 2.48. The van der Waals surface area contributed by atoms with E-state index in [1.165, 1.54) is 11.4 Å². The quantitative estimate of drug-likeness (QED) is 0.422. The van der Waals surface area contributed by atoms with Crippen molar-refractivity contribution in [1.29, 1.82) is 0 Å². The number of anilines is 1. The van der Waals surface area contributed by atoms with Gasteiger partial charge in [-0.25, -0.2) is 9.29 Å². The van der Waals surface area contributed by atoms with Gasteiger partial charge in [-0.15, -0.1) is 10.8 Å². The Morgan fingerprint density at radius 1 is 1.09 bits per heavy atom. The Kier molecular flexibility index (Phi) is 6.92. The van der Waals surface area contributed by atoms with Gasteiger partial charge in [0.15, 0.2) is 5.69 Å². The lowest BCUT2D eigenvalue weighted by molar-refractivity contribution is 0.0927. The molecule has 10 heteroatoms. The molecule has 4 N–H and O–H groups in total. The van der Waals surface area contributed by atoms with E-state index in [1.54, 1.807) is 0 Å². The van der Waals surface area contributed by atoms with E-state index >= 15 is 0 Å². The molecule has 0 aliphatic carbocycles. The van der Waals surface area contributed by atoms with Crippen LogP contribution in [0.2, 0.25) is 0 Å². The predicted molar refractivity (Wildman–Crippen MR) is 132 cm³/mol. The van der Waals surface area contributed by atoms with Crippen molar-refractivity contribution in [2.45, 2.75) is 25.3 Å². The number of hydrogen-bond acceptors (Lipinski definition) is 7. The number of rotatable bonds is 6. The lowest BCUT2D eigenvalue weighted by Gasteiger charge is -2.46. The molecule has 34 heavy (non-hydrogen) atoms. The molecule has 0 bridgehead atoms. The molecule has 4 rings (SSSR count). The molecule has 1 aliphatic heterocycles. The first kappa shape index (κ1) is 23.8. The molecule has 1 atom stereocenters. The van der Waals surface area contributed by atoms with Crippen LogP contribution in [-0.4, -0.2) is 42.0 Å². The lowest BCUT2D eigenvalue weighted by Crippen LogP contribution is -2.40. The van der Waals surface area contributed by atoms with Crippen LogP contribution in [0.1, 0.15) is 40.5 Å². The van der Waals surface area contributed by atoms with Crippen LogP contribution in [-0.2, 0) is 13.5 Å². The van der Waals surface area contributed by atoms with Crippen LogP contribution in [0.5, 0.6) is 5.75 Å². The highest BCUT2D eigenvalue weighted by Gasteiger charge is 2.32. The first-order valence-corrected chi connectivity index (χ1v) is 12.7. The maximum atomic E-state index is 13.3. The van der Waals surface area contributed by atoms with Crippen LogP contribution < -0.4 is 15.2 Å². The Bertz CT molecular complexity index is 1220. The van der Waals surface area contributed by atoms with Gasteiger partial charge in [0, 0.05) is 13.6 Å². The number of amides is 1. The molecule has 1 fully saturated rings. The molecule has 2 aromatic carbocycles. The average molecular weight is 485 g/mol. The minimum atomic E-state index is -3.18. The lowest BCUT2D eigenvalue weighted by atomic mass is 9.98. The minimum Gasteiger partial charge on any atom is -0.501 e. The van der Waals surface area contributed by atoms with Crippen LogP contribution in [0.25, 0.3) is 0 Å². The van der Waals surface area contributed by atoms with Crippen LogP contribution in [0.3, 0.4) is 0 Å². The van der Waals surface area contributed by atoms with Gasteiger partial charge in [-0.2, -0.15) is 0 Å². The number of aromatic nitrogens is 2. The number of carbonyl (C=O) groups excluding carboxylic acids is 1. The van der Waals surface area contributed by atoms with Gasteiger partial charge in [0.25, 0.3) is 11.5 Å². The largest absolute Gasteiger partial charge is 0.501 e. The monoisotopic (exact) mass is 484 g/mol. The molecule has 3 aromatic rings. The first-order valence-electron chi connectivity index (χ1n) is 11.0. The standard InChI is InChI=1S/C24H28N4O5S/c1-27-23(31)21(29)20(26-24(27)28-14-8-9-15-34(28,32)33)22(30)25-19(18-12-6-3-7-13-18)16-17-10-4-2-5-11-17/h2-7,10-13,19,29,32-33H,8-9,14-16H2,1H3,(H,25,30). The summed E-state index contributed by atoms with van der Waals surface area (Å²) in [6.45, 7) is 0.273. The fourth-order valence-electron chi connectivity index (χ4n) is 4.01. The first-order chi connectivity index (χ1) is 16.3. The smallest absolute Gasteiger partial charge is 0.297 e. The van der Waals surface area contributed by atoms with Gasteiger partial charge in [-0.1, -0.05) is 60.7 Å². The number of benzene rings is 2. The maximum absolute atomic E-state index is 13.3. The Labute approximate surface area is 199 Å². The highest BCUT2D eigenvalue weighted by molar-refractivity contribution is 8.25. The number of carbonyl (C=O) groups is 1. The second-order valence-corrected chi connectivity index (χ2v) is 10.4. The molecule has 1 aliphatic rings. The van der Waals surface area contributed by atoms with Crippen molar-refractivity contribution >= 4 is 22.6 Å². The van der Waals surface area contributed by atoms with Crippen molar-refractivity contribution in [3.8, 4) is 5.75 Å². The van der Waals surface area contributed by atoms with Crippen LogP contribution in [0.4, 0.5) is 5.95 Å². The summed E-state index contributed by atoms with van der Waals surface area (Å²) in [7, 11) is -1.81. The molecule has 9 nitrogen and oxygen atoms in total. The number of nitrogens with zero attached hydrogens (tertiary/aromatic N) is 3. The van der Waals surface area contributed by atoms with E-state index in [0.29, 0.717) is 19.3 Å². The fourth-order valence-corrected chi connectivity index (χ4v) is 5.67. The van der Waals surface area contributed by atoms with Crippen molar-refractivity contribution in [3.63, 3.8) is 0 Å². The van der Waals surface area contributed by atoms with E-state index < -0.39 is 39.7 Å². The summed E-state index contributed by atoms with van der Waals surface area (Å²) in [6.07, 6.45) is 1.81. The summed E-state index contributed by atoms with van der Waals surface area (Å²) in [4.78, 5) is 30.2. The highest BCUT2D eigenvalue weighted by atomic mass is 32.3. The summed E-state index contributed by atoms with van der Waals surface area (Å²) in [6, 6.07) is 18.6. The summed E-state index contributed by atoms with van der Waals surface area (Å²) < 4.78 is 23.3. The predicted octanol–water partition coefficient (Wildman–Crippen LogP) is 3.47. The summed E-state index contributed by atoms with van der Waals surface area (Å²) in [5, 5.41) is 13.4. The fraction of sp³-hybridized carbons (Fsp3) is 0.292. The maximum Gasteiger partial charge on any atom is 0.297 e. The molecule has 1 saturated heterocycles. The molecule has 0 saturated carbocycles. The third-order valence-corrected chi connectivity index (χ3v) is 7.74. The van der Waals surface area contributed by atoms with E-state index in [-0.39, 0.29) is 18.2 Å². The van der Waals surface area contributed by atoms with Gasteiger partial charge in [-0.05, 0) is 30.4 Å². The van der Waals surface area contributed by atoms with Crippen LogP contribution >= 0.6 is 10.8 Å². The van der Waals surface area contributed by atoms with Gasteiger partial charge < -0.3 is 10.4 Å². The van der Waals surface area contributed by atoms with Gasteiger partial charge in [-0.3, -0.25) is 23.3 Å². The van der Waals surface area contributed by atoms with E-state index in [1.807, 2.05) is 60.7 Å². The summed E-state index contributed by atoms with van der Waals surface area (Å²) in [5.74, 6) is -1.43. The molecule has 1 amide bonds. The van der Waals surface area contributed by atoms with Crippen molar-refractivity contribution in [2.24, 2.45) is 7.05 Å². The number of hydrogen-bond donors (Lipinski definition) is 4. The second kappa shape index (κ2) is 9.88. The molecule has 0 radical (unpaired) electrons. The average Bonchev–Trinajstić information content (AvgIpc) is 2.84. The van der Waals surface area contributed by atoms with Gasteiger partial charge in [0.2, 0.25) is 11.7 Å². The second-order valence-electron chi connectivity index (χ2n) is 8.25. The van der Waals surface area contributed by atoms with Crippen molar-refractivity contribution in [3.05, 3.63) is 87.8 Å². The normalized spacial score (nSPS) is 17.1. The Morgan fingerprint density at radius 3 is 2.38 bits per heavy atom. The van der Waals surface area contributed by atoms with Gasteiger partial charge in [0.05, 0.1) is 11.8 Å². The summed E-state index contributed by atoms with van der Waals surface area (Å²) in [5.41, 5.74) is 0.567. The van der Waals surface area contributed by atoms with Crippen molar-refractivity contribution in [2.75, 3.05) is 16.6 Å². The zero-order valence-electron chi connectivity index (χ0n) is 18.8. The molecular weight excluding hydrogens is 456 g/mol. The molecule has 180 valence electrons. The Balaban J connectivity index is 1.69. The zero-order valence-corrected chi connectivity index (χ0v) is 19.6. The third-order valence-electron chi connectivity index (χ3n) is 5.85. The van der Waals surface area contributed by atoms with Crippen LogP contribution in [0, 0.1) is 0 Å². The van der Waals surface area contributed by atoms with Crippen molar-refractivity contribution < 1.29 is 19.0 Å². The van der Waals surface area contributed by atoms with Crippen LogP contribution in [0.15, 0.2) is 65.5 Å². The van der Waals surface area contributed by atoms with Crippen molar-refractivity contribution in [1.82, 2.24) is 14.9 Å². The molecular formula is C24H28N4O5S. The number of aromatic hydroxyl groups is 1. The van der Waals surface area contributed by atoms with E-state index in [2.05, 4.69) is 10.3 Å². The Hall–Kier alpha value is -3.34.